The molecule has 1 heterocycles. The van der Waals surface area contributed by atoms with Crippen LogP contribution in [0.25, 0.3) is 0 Å². The highest BCUT2D eigenvalue weighted by Crippen LogP contribution is 2.41. The van der Waals surface area contributed by atoms with Gasteiger partial charge in [-0.05, 0) is 30.9 Å². The van der Waals surface area contributed by atoms with Crippen molar-refractivity contribution in [3.63, 3.8) is 0 Å². The lowest BCUT2D eigenvalue weighted by Gasteiger charge is -2.10. The van der Waals surface area contributed by atoms with Crippen LogP contribution in [-0.2, 0) is 13.1 Å². The van der Waals surface area contributed by atoms with E-state index in [-0.39, 0.29) is 0 Å². The molecule has 1 fully saturated rings. The number of benzene rings is 1. The molecule has 3 heteroatoms. The second-order valence-corrected chi connectivity index (χ2v) is 5.12. The SMILES string of the molecule is Cc1ccccc1Cn1ncc(CN)c1C1CC1. The standard InChI is InChI=1S/C15H19N3/c1-11-4-2-3-5-13(11)10-18-15(12-6-7-12)14(8-16)9-17-18/h2-5,9,12H,6-8,10,16H2,1H3. The number of nitrogens with two attached hydrogens (primary N) is 1. The Morgan fingerprint density at radius 3 is 2.72 bits per heavy atom. The normalized spacial score (nSPS) is 15.0. The Morgan fingerprint density at radius 2 is 2.06 bits per heavy atom. The molecule has 94 valence electrons. The van der Waals surface area contributed by atoms with E-state index in [1.807, 2.05) is 6.20 Å². The van der Waals surface area contributed by atoms with Crippen molar-refractivity contribution in [1.29, 1.82) is 0 Å². The predicted molar refractivity (Wildman–Crippen MR) is 72.4 cm³/mol. The molecular formula is C15H19N3. The molecule has 1 aromatic heterocycles. The number of nitrogens with zero attached hydrogens (tertiary/aromatic N) is 2. The first-order valence-corrected chi connectivity index (χ1v) is 6.58. The third kappa shape index (κ3) is 2.06. The van der Waals surface area contributed by atoms with Crippen LogP contribution < -0.4 is 5.73 Å². The summed E-state index contributed by atoms with van der Waals surface area (Å²) in [6.07, 6.45) is 4.50. The minimum Gasteiger partial charge on any atom is -0.326 e. The van der Waals surface area contributed by atoms with Gasteiger partial charge in [0.25, 0.3) is 0 Å². The third-order valence-electron chi connectivity index (χ3n) is 3.73. The van der Waals surface area contributed by atoms with Crippen LogP contribution in [0.3, 0.4) is 0 Å². The second-order valence-electron chi connectivity index (χ2n) is 5.12. The van der Waals surface area contributed by atoms with Gasteiger partial charge >= 0.3 is 0 Å². The molecule has 18 heavy (non-hydrogen) atoms. The molecule has 0 spiro atoms. The van der Waals surface area contributed by atoms with E-state index in [2.05, 4.69) is 41.0 Å². The van der Waals surface area contributed by atoms with Crippen LogP contribution in [0, 0.1) is 6.92 Å². The van der Waals surface area contributed by atoms with Crippen molar-refractivity contribution in [2.24, 2.45) is 5.73 Å². The zero-order chi connectivity index (χ0) is 12.5. The van der Waals surface area contributed by atoms with Gasteiger partial charge in [-0.2, -0.15) is 5.10 Å². The Bertz CT molecular complexity index is 553. The molecular weight excluding hydrogens is 222 g/mol. The van der Waals surface area contributed by atoms with Crippen molar-refractivity contribution in [2.75, 3.05) is 0 Å². The van der Waals surface area contributed by atoms with Gasteiger partial charge in [0.1, 0.15) is 0 Å². The van der Waals surface area contributed by atoms with E-state index in [1.54, 1.807) is 0 Å². The fourth-order valence-corrected chi connectivity index (χ4v) is 2.50. The van der Waals surface area contributed by atoms with Crippen molar-refractivity contribution in [3.05, 3.63) is 52.8 Å². The molecule has 0 aliphatic heterocycles. The molecule has 0 unspecified atom stereocenters. The van der Waals surface area contributed by atoms with Crippen LogP contribution in [-0.4, -0.2) is 9.78 Å². The van der Waals surface area contributed by atoms with Gasteiger partial charge < -0.3 is 5.73 Å². The lowest BCUT2D eigenvalue weighted by molar-refractivity contribution is 0.642. The largest absolute Gasteiger partial charge is 0.326 e. The highest BCUT2D eigenvalue weighted by Gasteiger charge is 2.29. The van der Waals surface area contributed by atoms with Crippen molar-refractivity contribution in [2.45, 2.75) is 38.8 Å². The molecule has 1 aliphatic carbocycles. The van der Waals surface area contributed by atoms with Gasteiger partial charge in [0, 0.05) is 23.7 Å². The number of hydrogen-bond acceptors (Lipinski definition) is 2. The molecule has 1 aliphatic rings. The first-order valence-electron chi connectivity index (χ1n) is 6.58. The summed E-state index contributed by atoms with van der Waals surface area (Å²) < 4.78 is 2.14. The minimum absolute atomic E-state index is 0.597. The fourth-order valence-electron chi connectivity index (χ4n) is 2.50. The van der Waals surface area contributed by atoms with Gasteiger partial charge in [-0.25, -0.2) is 0 Å². The molecule has 2 aromatic rings. The molecule has 2 N–H and O–H groups in total. The summed E-state index contributed by atoms with van der Waals surface area (Å²) in [4.78, 5) is 0. The Balaban J connectivity index is 1.93. The molecule has 3 nitrogen and oxygen atoms in total. The monoisotopic (exact) mass is 241 g/mol. The topological polar surface area (TPSA) is 43.8 Å². The predicted octanol–water partition coefficient (Wildman–Crippen LogP) is 2.58. The Labute approximate surface area is 108 Å². The van der Waals surface area contributed by atoms with E-state index >= 15 is 0 Å². The van der Waals surface area contributed by atoms with Crippen LogP contribution in [0.15, 0.2) is 30.5 Å². The third-order valence-corrected chi connectivity index (χ3v) is 3.73. The Hall–Kier alpha value is -1.61. The lowest BCUT2D eigenvalue weighted by Crippen LogP contribution is -2.08. The summed E-state index contributed by atoms with van der Waals surface area (Å²) in [6, 6.07) is 8.50. The molecule has 3 rings (SSSR count). The summed E-state index contributed by atoms with van der Waals surface area (Å²) in [5, 5.41) is 4.52. The van der Waals surface area contributed by atoms with Gasteiger partial charge in [-0.15, -0.1) is 0 Å². The number of aromatic nitrogens is 2. The maximum Gasteiger partial charge on any atom is 0.0665 e. The maximum absolute atomic E-state index is 5.80. The summed E-state index contributed by atoms with van der Waals surface area (Å²) in [6.45, 7) is 3.61. The number of hydrogen-bond donors (Lipinski definition) is 1. The highest BCUT2D eigenvalue weighted by atomic mass is 15.3. The zero-order valence-electron chi connectivity index (χ0n) is 10.8. The first kappa shape index (κ1) is 11.5. The van der Waals surface area contributed by atoms with Crippen molar-refractivity contribution < 1.29 is 0 Å². The fraction of sp³-hybridized carbons (Fsp3) is 0.400. The molecule has 1 saturated carbocycles. The molecule has 0 amide bonds. The number of aryl methyl sites for hydroxylation is 1. The molecule has 0 radical (unpaired) electrons. The molecule has 0 atom stereocenters. The number of rotatable bonds is 4. The summed E-state index contributed by atoms with van der Waals surface area (Å²) in [5.41, 5.74) is 11.0. The lowest BCUT2D eigenvalue weighted by atomic mass is 10.1. The summed E-state index contributed by atoms with van der Waals surface area (Å²) in [7, 11) is 0. The molecule has 0 bridgehead atoms. The van der Waals surface area contributed by atoms with E-state index in [4.69, 9.17) is 5.73 Å². The Morgan fingerprint density at radius 1 is 1.28 bits per heavy atom. The highest BCUT2D eigenvalue weighted by molar-refractivity contribution is 5.29. The Kier molecular flexibility index (Phi) is 2.92. The van der Waals surface area contributed by atoms with E-state index in [1.165, 1.54) is 35.2 Å². The quantitative estimate of drug-likeness (QED) is 0.894. The van der Waals surface area contributed by atoms with Gasteiger partial charge in [0.2, 0.25) is 0 Å². The van der Waals surface area contributed by atoms with E-state index in [0.29, 0.717) is 12.5 Å². The van der Waals surface area contributed by atoms with Crippen LogP contribution >= 0.6 is 0 Å². The summed E-state index contributed by atoms with van der Waals surface area (Å²) in [5.74, 6) is 0.690. The second kappa shape index (κ2) is 4.58. The minimum atomic E-state index is 0.597. The van der Waals surface area contributed by atoms with E-state index in [9.17, 15) is 0 Å². The van der Waals surface area contributed by atoms with Gasteiger partial charge in [0.05, 0.1) is 12.7 Å². The van der Waals surface area contributed by atoms with Crippen LogP contribution in [0.1, 0.15) is 41.1 Å². The first-order chi connectivity index (χ1) is 8.79. The van der Waals surface area contributed by atoms with E-state index < -0.39 is 0 Å². The average Bonchev–Trinajstić information content (AvgIpc) is 3.14. The van der Waals surface area contributed by atoms with Gasteiger partial charge in [0.15, 0.2) is 0 Å². The van der Waals surface area contributed by atoms with E-state index in [0.717, 1.165) is 6.54 Å². The maximum atomic E-state index is 5.80. The molecule has 0 saturated heterocycles. The average molecular weight is 241 g/mol. The van der Waals surface area contributed by atoms with Gasteiger partial charge in [-0.1, -0.05) is 24.3 Å². The van der Waals surface area contributed by atoms with Crippen molar-refractivity contribution >= 4 is 0 Å². The molecule has 1 aromatic carbocycles. The van der Waals surface area contributed by atoms with Gasteiger partial charge in [-0.3, -0.25) is 4.68 Å². The zero-order valence-corrected chi connectivity index (χ0v) is 10.8. The van der Waals surface area contributed by atoms with Crippen molar-refractivity contribution in [3.8, 4) is 0 Å². The smallest absolute Gasteiger partial charge is 0.0665 e. The van der Waals surface area contributed by atoms with Crippen LogP contribution in [0.2, 0.25) is 0 Å². The van der Waals surface area contributed by atoms with Crippen LogP contribution in [0.5, 0.6) is 0 Å². The van der Waals surface area contributed by atoms with Crippen molar-refractivity contribution in [1.82, 2.24) is 9.78 Å². The summed E-state index contributed by atoms with van der Waals surface area (Å²) >= 11 is 0. The van der Waals surface area contributed by atoms with Crippen LogP contribution in [0.4, 0.5) is 0 Å².